The van der Waals surface area contributed by atoms with Crippen LogP contribution in [0.1, 0.15) is 0 Å². The Kier molecular flexibility index (Phi) is 4.25. The zero-order valence-corrected chi connectivity index (χ0v) is 7.13. The molecule has 0 aliphatic heterocycles. The SMILES string of the molecule is COC(=O)C(=O)C(=O)OB(F)C(F)(F)F. The first-order valence-corrected chi connectivity index (χ1v) is 3.24. The lowest BCUT2D eigenvalue weighted by Gasteiger charge is -2.07. The van der Waals surface area contributed by atoms with Crippen molar-refractivity contribution in [1.29, 1.82) is 0 Å². The summed E-state index contributed by atoms with van der Waals surface area (Å²) in [5, 5.41) is 0. The molecule has 0 radical (unpaired) electrons. The number of hydrogen-bond donors (Lipinski definition) is 0. The standard InChI is InChI=1S/C5H3BF4O5/c1-14-3(12)2(11)4(13)15-6(10)5(7,8)9/h1H3. The second kappa shape index (κ2) is 4.76. The maximum absolute atomic E-state index is 12.0. The molecule has 0 heterocycles. The van der Waals surface area contributed by atoms with Gasteiger partial charge in [-0.3, -0.25) is 9.11 Å². The van der Waals surface area contributed by atoms with E-state index in [-0.39, 0.29) is 0 Å². The third-order valence-corrected chi connectivity index (χ3v) is 1.02. The number of carbonyl (C=O) groups excluding carboxylic acids is 3. The number of ether oxygens (including phenoxy) is 1. The Hall–Kier alpha value is -1.61. The van der Waals surface area contributed by atoms with E-state index >= 15 is 0 Å². The van der Waals surface area contributed by atoms with Crippen molar-refractivity contribution in [2.75, 3.05) is 7.11 Å². The highest BCUT2D eigenvalue weighted by Crippen LogP contribution is 2.20. The largest absolute Gasteiger partial charge is 0.683 e. The normalized spacial score (nSPS) is 10.5. The third kappa shape index (κ3) is 3.96. The van der Waals surface area contributed by atoms with Crippen molar-refractivity contribution >= 4 is 24.9 Å². The highest BCUT2D eigenvalue weighted by Gasteiger charge is 2.53. The molecule has 0 atom stereocenters. The third-order valence-electron chi connectivity index (χ3n) is 1.02. The van der Waals surface area contributed by atoms with Gasteiger partial charge in [-0.05, 0) is 0 Å². The average Bonchev–Trinajstić information content (AvgIpc) is 2.13. The molecule has 0 saturated carbocycles. The molecule has 0 aromatic heterocycles. The lowest BCUT2D eigenvalue weighted by Crippen LogP contribution is -2.39. The fraction of sp³-hybridized carbons (Fsp3) is 0.400. The van der Waals surface area contributed by atoms with Crippen LogP contribution in [0.25, 0.3) is 0 Å². The van der Waals surface area contributed by atoms with Crippen molar-refractivity contribution in [2.45, 2.75) is 6.08 Å². The quantitative estimate of drug-likeness (QED) is 0.221. The number of halogens is 4. The molecule has 0 bridgehead atoms. The Labute approximate surface area is 80.5 Å². The van der Waals surface area contributed by atoms with Gasteiger partial charge in [0.05, 0.1) is 7.11 Å². The van der Waals surface area contributed by atoms with E-state index < -0.39 is 31.0 Å². The Balaban J connectivity index is 4.39. The van der Waals surface area contributed by atoms with Crippen molar-refractivity contribution in [3.8, 4) is 0 Å². The van der Waals surface area contributed by atoms with Crippen LogP contribution >= 0.6 is 0 Å². The Morgan fingerprint density at radius 1 is 1.13 bits per heavy atom. The van der Waals surface area contributed by atoms with Crippen molar-refractivity contribution in [2.24, 2.45) is 0 Å². The second-order valence-electron chi connectivity index (χ2n) is 2.08. The van der Waals surface area contributed by atoms with E-state index in [1.165, 1.54) is 0 Å². The van der Waals surface area contributed by atoms with E-state index in [4.69, 9.17) is 0 Å². The summed E-state index contributed by atoms with van der Waals surface area (Å²) in [5.41, 5.74) is 0. The number of alkyl halides is 3. The minimum Gasteiger partial charge on any atom is -0.494 e. The molecule has 0 aromatic rings. The zero-order valence-electron chi connectivity index (χ0n) is 7.13. The van der Waals surface area contributed by atoms with Gasteiger partial charge in [0, 0.05) is 0 Å². The van der Waals surface area contributed by atoms with Gasteiger partial charge in [0.2, 0.25) is 0 Å². The molecule has 0 rings (SSSR count). The van der Waals surface area contributed by atoms with E-state index in [9.17, 15) is 31.9 Å². The van der Waals surface area contributed by atoms with Crippen molar-refractivity contribution in [1.82, 2.24) is 0 Å². The van der Waals surface area contributed by atoms with Crippen LogP contribution in [0, 0.1) is 0 Å². The molecule has 0 amide bonds. The summed E-state index contributed by atoms with van der Waals surface area (Å²) >= 11 is 0. The van der Waals surface area contributed by atoms with Crippen LogP contribution in [-0.2, 0) is 23.8 Å². The van der Waals surface area contributed by atoms with Crippen LogP contribution in [-0.4, -0.2) is 38.1 Å². The van der Waals surface area contributed by atoms with Crippen molar-refractivity contribution in [3.05, 3.63) is 0 Å². The van der Waals surface area contributed by atoms with Gasteiger partial charge in [0.25, 0.3) is 0 Å². The molecule has 5 nitrogen and oxygen atoms in total. The van der Waals surface area contributed by atoms with Crippen LogP contribution in [0.2, 0.25) is 0 Å². The van der Waals surface area contributed by atoms with Gasteiger partial charge in [-0.15, -0.1) is 0 Å². The molecule has 0 aromatic carbocycles. The minimum atomic E-state index is -5.45. The smallest absolute Gasteiger partial charge is 0.494 e. The molecular weight excluding hydrogens is 227 g/mol. The molecule has 10 heteroatoms. The number of esters is 1. The van der Waals surface area contributed by atoms with Gasteiger partial charge in [0.15, 0.2) is 0 Å². The lowest BCUT2D eigenvalue weighted by molar-refractivity contribution is -0.161. The van der Waals surface area contributed by atoms with E-state index in [1.807, 2.05) is 0 Å². The predicted octanol–water partition coefficient (Wildman–Crippen LogP) is -0.169. The number of rotatable bonds is 3. The molecule has 0 unspecified atom stereocenters. The van der Waals surface area contributed by atoms with E-state index in [0.29, 0.717) is 7.11 Å². The van der Waals surface area contributed by atoms with Gasteiger partial charge in [-0.2, -0.15) is 13.2 Å². The summed E-state index contributed by atoms with van der Waals surface area (Å²) < 4.78 is 53.2. The fourth-order valence-corrected chi connectivity index (χ4v) is 0.390. The van der Waals surface area contributed by atoms with Crippen LogP contribution in [0.4, 0.5) is 17.5 Å². The molecule has 84 valence electrons. The Morgan fingerprint density at radius 2 is 1.60 bits per heavy atom. The summed E-state index contributed by atoms with van der Waals surface area (Å²) in [6.45, 7) is 0. The maximum Gasteiger partial charge on any atom is 0.683 e. The summed E-state index contributed by atoms with van der Waals surface area (Å²) in [7, 11) is -3.25. The number of Topliss-reactive ketones (excluding diaryl/α,β-unsaturated/α-hetero) is 1. The predicted molar refractivity (Wildman–Crippen MR) is 36.0 cm³/mol. The van der Waals surface area contributed by atoms with E-state index in [1.54, 1.807) is 0 Å². The van der Waals surface area contributed by atoms with Gasteiger partial charge in [0.1, 0.15) is 0 Å². The number of hydrogen-bond acceptors (Lipinski definition) is 5. The lowest BCUT2D eigenvalue weighted by atomic mass is 9.94. The summed E-state index contributed by atoms with van der Waals surface area (Å²) in [5.74, 6) is -6.04. The monoisotopic (exact) mass is 230 g/mol. The number of ketones is 1. The first kappa shape index (κ1) is 13.4. The molecule has 0 N–H and O–H groups in total. The van der Waals surface area contributed by atoms with Gasteiger partial charge < -0.3 is 9.39 Å². The molecular formula is C5H3BF4O5. The first-order chi connectivity index (χ1) is 6.70. The summed E-state index contributed by atoms with van der Waals surface area (Å²) in [6, 6.07) is 0. The highest BCUT2D eigenvalue weighted by atomic mass is 19.4. The minimum absolute atomic E-state index is 0.713. The van der Waals surface area contributed by atoms with Crippen LogP contribution in [0.5, 0.6) is 0 Å². The Morgan fingerprint density at radius 3 is 1.93 bits per heavy atom. The summed E-state index contributed by atoms with van der Waals surface area (Å²) in [6.07, 6.45) is -5.45. The van der Waals surface area contributed by atoms with Crippen molar-refractivity contribution in [3.63, 3.8) is 0 Å². The van der Waals surface area contributed by atoms with E-state index in [0.717, 1.165) is 0 Å². The molecule has 0 aliphatic carbocycles. The molecule has 0 aliphatic rings. The van der Waals surface area contributed by atoms with Gasteiger partial charge in [-0.1, -0.05) is 0 Å². The van der Waals surface area contributed by atoms with Gasteiger partial charge in [-0.25, -0.2) is 9.59 Å². The van der Waals surface area contributed by atoms with E-state index in [2.05, 4.69) is 9.39 Å². The summed E-state index contributed by atoms with van der Waals surface area (Å²) in [4.78, 5) is 31.1. The number of methoxy groups -OCH3 is 1. The second-order valence-corrected chi connectivity index (χ2v) is 2.08. The van der Waals surface area contributed by atoms with Gasteiger partial charge >= 0.3 is 31.0 Å². The topological polar surface area (TPSA) is 69.7 Å². The molecule has 15 heavy (non-hydrogen) atoms. The fourth-order valence-electron chi connectivity index (χ4n) is 0.390. The van der Waals surface area contributed by atoms with Crippen LogP contribution in [0.3, 0.4) is 0 Å². The first-order valence-electron chi connectivity index (χ1n) is 3.24. The average molecular weight is 230 g/mol. The van der Waals surface area contributed by atoms with Crippen LogP contribution in [0.15, 0.2) is 0 Å². The highest BCUT2D eigenvalue weighted by molar-refractivity contribution is 6.64. The van der Waals surface area contributed by atoms with Crippen LogP contribution < -0.4 is 0 Å². The maximum atomic E-state index is 12.0. The number of carbonyl (C=O) groups is 3. The van der Waals surface area contributed by atoms with Crippen molar-refractivity contribution < 1.29 is 41.3 Å². The molecule has 0 saturated heterocycles. The molecule has 0 spiro atoms. The zero-order chi connectivity index (χ0) is 12.2. The molecule has 0 fully saturated rings. The Bertz CT molecular complexity index is 288.